The molecule has 0 bridgehead atoms. The third-order valence-electron chi connectivity index (χ3n) is 2.98. The first-order valence-electron chi connectivity index (χ1n) is 6.33. The maximum absolute atomic E-state index is 12.8. The molecule has 0 spiro atoms. The molecule has 0 saturated carbocycles. The zero-order chi connectivity index (χ0) is 15.2. The van der Waals surface area contributed by atoms with Gasteiger partial charge in [-0.25, -0.2) is 4.39 Å². The molecule has 21 heavy (non-hydrogen) atoms. The molecule has 0 heterocycles. The number of halogens is 3. The first-order valence-corrected chi connectivity index (χ1v) is 7.08. The molecule has 0 aromatic heterocycles. The second-order valence-electron chi connectivity index (χ2n) is 4.44. The standard InChI is InChI=1S/C16H12Cl2FNO/c17-12-1-6-15(16(18)9-12)11(10-20)7-8-21-14-4-2-13(19)3-5-14/h1-6,9,11H,7-8H2/t11-/m0/s1. The van der Waals surface area contributed by atoms with Crippen molar-refractivity contribution >= 4 is 23.2 Å². The molecule has 2 aromatic rings. The van der Waals surface area contributed by atoms with Crippen molar-refractivity contribution in [2.45, 2.75) is 12.3 Å². The Morgan fingerprint density at radius 2 is 1.86 bits per heavy atom. The molecular formula is C16H12Cl2FNO. The van der Waals surface area contributed by atoms with Gasteiger partial charge in [-0.1, -0.05) is 29.3 Å². The summed E-state index contributed by atoms with van der Waals surface area (Å²) in [4.78, 5) is 0. The van der Waals surface area contributed by atoms with Crippen LogP contribution >= 0.6 is 23.2 Å². The summed E-state index contributed by atoms with van der Waals surface area (Å²) in [6, 6.07) is 13.0. The Balaban J connectivity index is 1.97. The van der Waals surface area contributed by atoms with Gasteiger partial charge in [0.05, 0.1) is 18.6 Å². The van der Waals surface area contributed by atoms with Gasteiger partial charge in [0, 0.05) is 16.5 Å². The summed E-state index contributed by atoms with van der Waals surface area (Å²) < 4.78 is 18.3. The van der Waals surface area contributed by atoms with Crippen LogP contribution in [0.2, 0.25) is 10.0 Å². The van der Waals surface area contributed by atoms with Crippen molar-refractivity contribution in [2.24, 2.45) is 0 Å². The average molecular weight is 324 g/mol. The van der Waals surface area contributed by atoms with Crippen LogP contribution in [-0.4, -0.2) is 6.61 Å². The quantitative estimate of drug-likeness (QED) is 0.756. The minimum atomic E-state index is -0.379. The van der Waals surface area contributed by atoms with Crippen molar-refractivity contribution in [1.29, 1.82) is 5.26 Å². The van der Waals surface area contributed by atoms with Gasteiger partial charge in [-0.15, -0.1) is 0 Å². The monoisotopic (exact) mass is 323 g/mol. The predicted octanol–water partition coefficient (Wildman–Crippen LogP) is 5.21. The van der Waals surface area contributed by atoms with Gasteiger partial charge in [0.25, 0.3) is 0 Å². The molecule has 0 aliphatic heterocycles. The molecule has 1 atom stereocenters. The van der Waals surface area contributed by atoms with Crippen LogP contribution in [0.1, 0.15) is 17.9 Å². The van der Waals surface area contributed by atoms with E-state index in [1.165, 1.54) is 12.1 Å². The Labute approximate surface area is 132 Å². The van der Waals surface area contributed by atoms with Crippen LogP contribution in [0.25, 0.3) is 0 Å². The first kappa shape index (κ1) is 15.6. The number of hydrogen-bond donors (Lipinski definition) is 0. The van der Waals surface area contributed by atoms with Crippen molar-refractivity contribution in [2.75, 3.05) is 6.61 Å². The summed E-state index contributed by atoms with van der Waals surface area (Å²) in [5.74, 6) is -0.129. The molecule has 2 aromatic carbocycles. The Morgan fingerprint density at radius 1 is 1.14 bits per heavy atom. The van der Waals surface area contributed by atoms with Crippen molar-refractivity contribution in [3.63, 3.8) is 0 Å². The number of nitrogens with zero attached hydrogens (tertiary/aromatic N) is 1. The van der Waals surface area contributed by atoms with E-state index in [4.69, 9.17) is 27.9 Å². The fourth-order valence-corrected chi connectivity index (χ4v) is 2.44. The lowest BCUT2D eigenvalue weighted by atomic mass is 9.97. The number of hydrogen-bond acceptors (Lipinski definition) is 2. The predicted molar refractivity (Wildman–Crippen MR) is 81.3 cm³/mol. The van der Waals surface area contributed by atoms with Crippen LogP contribution in [-0.2, 0) is 0 Å². The smallest absolute Gasteiger partial charge is 0.123 e. The van der Waals surface area contributed by atoms with Gasteiger partial charge in [0.15, 0.2) is 0 Å². The summed E-state index contributed by atoms with van der Waals surface area (Å²) in [6.45, 7) is 0.336. The summed E-state index contributed by atoms with van der Waals surface area (Å²) in [7, 11) is 0. The van der Waals surface area contributed by atoms with E-state index in [2.05, 4.69) is 6.07 Å². The molecule has 2 nitrogen and oxygen atoms in total. The first-order chi connectivity index (χ1) is 10.1. The lowest BCUT2D eigenvalue weighted by Crippen LogP contribution is -2.05. The second kappa shape index (κ2) is 7.31. The number of benzene rings is 2. The minimum absolute atomic E-state index is 0.315. The Morgan fingerprint density at radius 3 is 2.48 bits per heavy atom. The molecule has 5 heteroatoms. The molecule has 2 rings (SSSR count). The van der Waals surface area contributed by atoms with Crippen LogP contribution in [0, 0.1) is 17.1 Å². The topological polar surface area (TPSA) is 33.0 Å². The number of ether oxygens (including phenoxy) is 1. The van der Waals surface area contributed by atoms with E-state index in [0.29, 0.717) is 28.8 Å². The summed E-state index contributed by atoms with van der Waals surface area (Å²) >= 11 is 11.9. The highest BCUT2D eigenvalue weighted by atomic mass is 35.5. The largest absolute Gasteiger partial charge is 0.494 e. The maximum Gasteiger partial charge on any atom is 0.123 e. The van der Waals surface area contributed by atoms with Crippen LogP contribution in [0.15, 0.2) is 42.5 Å². The molecule has 0 radical (unpaired) electrons. The number of nitriles is 1. The van der Waals surface area contributed by atoms with Gasteiger partial charge in [-0.05, 0) is 42.0 Å². The fraction of sp³-hybridized carbons (Fsp3) is 0.188. The van der Waals surface area contributed by atoms with Crippen LogP contribution in [0.5, 0.6) is 5.75 Å². The molecule has 0 N–H and O–H groups in total. The molecule has 0 aliphatic rings. The van der Waals surface area contributed by atoms with Crippen LogP contribution < -0.4 is 4.74 Å². The summed E-state index contributed by atoms with van der Waals surface area (Å²) in [5.41, 5.74) is 0.728. The highest BCUT2D eigenvalue weighted by Gasteiger charge is 2.14. The van der Waals surface area contributed by atoms with E-state index >= 15 is 0 Å². The van der Waals surface area contributed by atoms with Gasteiger partial charge in [-0.3, -0.25) is 0 Å². The Bertz CT molecular complexity index is 652. The fourth-order valence-electron chi connectivity index (χ4n) is 1.90. The second-order valence-corrected chi connectivity index (χ2v) is 5.28. The molecule has 0 amide bonds. The van der Waals surface area contributed by atoms with E-state index in [9.17, 15) is 9.65 Å². The molecule has 0 unspecified atom stereocenters. The summed E-state index contributed by atoms with van der Waals surface area (Å²) in [6.07, 6.45) is 0.481. The van der Waals surface area contributed by atoms with Gasteiger partial charge < -0.3 is 4.74 Å². The van der Waals surface area contributed by atoms with Crippen molar-refractivity contribution in [3.05, 3.63) is 63.9 Å². The molecule has 108 valence electrons. The SMILES string of the molecule is N#C[C@H](CCOc1ccc(F)cc1)c1ccc(Cl)cc1Cl. The third-order valence-corrected chi connectivity index (χ3v) is 3.55. The van der Waals surface area contributed by atoms with Crippen LogP contribution in [0.4, 0.5) is 4.39 Å². The lowest BCUT2D eigenvalue weighted by molar-refractivity contribution is 0.305. The van der Waals surface area contributed by atoms with E-state index in [1.54, 1.807) is 30.3 Å². The van der Waals surface area contributed by atoms with Gasteiger partial charge >= 0.3 is 0 Å². The van der Waals surface area contributed by atoms with Crippen LogP contribution in [0.3, 0.4) is 0 Å². The molecule has 0 fully saturated rings. The van der Waals surface area contributed by atoms with E-state index in [0.717, 1.165) is 5.56 Å². The normalized spacial score (nSPS) is 11.7. The van der Waals surface area contributed by atoms with Gasteiger partial charge in [0.1, 0.15) is 11.6 Å². The minimum Gasteiger partial charge on any atom is -0.494 e. The van der Waals surface area contributed by atoms with Gasteiger partial charge in [0.2, 0.25) is 0 Å². The Hall–Kier alpha value is -1.76. The highest BCUT2D eigenvalue weighted by Crippen LogP contribution is 2.29. The Kier molecular flexibility index (Phi) is 5.44. The molecular weight excluding hydrogens is 312 g/mol. The van der Waals surface area contributed by atoms with Gasteiger partial charge in [-0.2, -0.15) is 5.26 Å². The average Bonchev–Trinajstić information content (AvgIpc) is 2.46. The lowest BCUT2D eigenvalue weighted by Gasteiger charge is -2.12. The van der Waals surface area contributed by atoms with E-state index in [-0.39, 0.29) is 11.7 Å². The molecule has 0 saturated heterocycles. The zero-order valence-corrected chi connectivity index (χ0v) is 12.5. The van der Waals surface area contributed by atoms with E-state index in [1.807, 2.05) is 0 Å². The van der Waals surface area contributed by atoms with Crippen molar-refractivity contribution in [1.82, 2.24) is 0 Å². The highest BCUT2D eigenvalue weighted by molar-refractivity contribution is 6.35. The zero-order valence-electron chi connectivity index (χ0n) is 11.0. The summed E-state index contributed by atoms with van der Waals surface area (Å²) in [5, 5.41) is 10.3. The maximum atomic E-state index is 12.8. The van der Waals surface area contributed by atoms with Crippen molar-refractivity contribution in [3.8, 4) is 11.8 Å². The third kappa shape index (κ3) is 4.35. The van der Waals surface area contributed by atoms with E-state index < -0.39 is 0 Å². The number of rotatable bonds is 5. The van der Waals surface area contributed by atoms with Crippen molar-refractivity contribution < 1.29 is 9.13 Å². The molecule has 0 aliphatic carbocycles.